The van der Waals surface area contributed by atoms with Gasteiger partial charge < -0.3 is 9.53 Å². The number of unbranched alkanes of at least 4 members (excludes halogenated alkanes) is 1. The average molecular weight is 186 g/mol. The highest BCUT2D eigenvalue weighted by atomic mass is 16.5. The molecule has 0 radical (unpaired) electrons. The van der Waals surface area contributed by atoms with E-state index in [1.54, 1.807) is 0 Å². The van der Waals surface area contributed by atoms with Crippen LogP contribution in [0.2, 0.25) is 0 Å². The average Bonchev–Trinajstić information content (AvgIpc) is 2.09. The summed E-state index contributed by atoms with van der Waals surface area (Å²) in [5.41, 5.74) is 0. The zero-order valence-electron chi connectivity index (χ0n) is 8.41. The third-order valence-corrected chi connectivity index (χ3v) is 1.82. The van der Waals surface area contributed by atoms with Crippen LogP contribution < -0.4 is 0 Å². The van der Waals surface area contributed by atoms with E-state index in [1.807, 2.05) is 0 Å². The van der Waals surface area contributed by atoms with Crippen molar-refractivity contribution in [2.24, 2.45) is 0 Å². The molecular weight excluding hydrogens is 168 g/mol. The monoisotopic (exact) mass is 186 g/mol. The fourth-order valence-corrected chi connectivity index (χ4v) is 1.18. The molecule has 1 unspecified atom stereocenters. The molecule has 0 N–H and O–H groups in total. The molecule has 0 saturated heterocycles. The fraction of sp³-hybridized carbons (Fsp3) is 0.800. The van der Waals surface area contributed by atoms with E-state index in [0.717, 1.165) is 25.5 Å². The number of carbonyl (C=O) groups excluding carboxylic acids is 2. The van der Waals surface area contributed by atoms with Crippen molar-refractivity contribution in [3.05, 3.63) is 0 Å². The van der Waals surface area contributed by atoms with E-state index < -0.39 is 0 Å². The van der Waals surface area contributed by atoms with Gasteiger partial charge >= 0.3 is 5.97 Å². The molecule has 0 aliphatic heterocycles. The zero-order valence-corrected chi connectivity index (χ0v) is 8.41. The van der Waals surface area contributed by atoms with Crippen LogP contribution in [0.25, 0.3) is 0 Å². The summed E-state index contributed by atoms with van der Waals surface area (Å²) in [6, 6.07) is 0. The van der Waals surface area contributed by atoms with Gasteiger partial charge in [0.1, 0.15) is 12.4 Å². The van der Waals surface area contributed by atoms with Crippen LogP contribution in [0.15, 0.2) is 0 Å². The van der Waals surface area contributed by atoms with Crippen LogP contribution in [0.4, 0.5) is 0 Å². The first kappa shape index (κ1) is 12.1. The summed E-state index contributed by atoms with van der Waals surface area (Å²) in [6.45, 7) is 3.49. The third-order valence-electron chi connectivity index (χ3n) is 1.82. The highest BCUT2D eigenvalue weighted by Gasteiger charge is 2.10. The Hall–Kier alpha value is -0.860. The topological polar surface area (TPSA) is 43.4 Å². The minimum Gasteiger partial charge on any atom is -0.463 e. The van der Waals surface area contributed by atoms with Gasteiger partial charge in [-0.1, -0.05) is 19.8 Å². The van der Waals surface area contributed by atoms with Crippen LogP contribution >= 0.6 is 0 Å². The molecule has 0 aliphatic rings. The van der Waals surface area contributed by atoms with Gasteiger partial charge in [-0.3, -0.25) is 4.79 Å². The molecule has 3 heteroatoms. The smallest absolute Gasteiger partial charge is 0.302 e. The summed E-state index contributed by atoms with van der Waals surface area (Å²) in [5.74, 6) is -0.257. The van der Waals surface area contributed by atoms with Gasteiger partial charge in [-0.2, -0.15) is 0 Å². The van der Waals surface area contributed by atoms with Crippen LogP contribution in [0.1, 0.15) is 46.0 Å². The van der Waals surface area contributed by atoms with Gasteiger partial charge in [0, 0.05) is 13.3 Å². The lowest BCUT2D eigenvalue weighted by Gasteiger charge is -2.14. The highest BCUT2D eigenvalue weighted by molar-refractivity contribution is 5.66. The summed E-state index contributed by atoms with van der Waals surface area (Å²) < 4.78 is 5.06. The number of esters is 1. The lowest BCUT2D eigenvalue weighted by Crippen LogP contribution is -2.16. The van der Waals surface area contributed by atoms with Gasteiger partial charge in [0.15, 0.2) is 0 Å². The fourth-order valence-electron chi connectivity index (χ4n) is 1.18. The number of hydrogen-bond donors (Lipinski definition) is 0. The van der Waals surface area contributed by atoms with Crippen LogP contribution in [0.3, 0.4) is 0 Å². The van der Waals surface area contributed by atoms with Gasteiger partial charge in [0.25, 0.3) is 0 Å². The van der Waals surface area contributed by atoms with Gasteiger partial charge in [0.05, 0.1) is 0 Å². The first-order valence-electron chi connectivity index (χ1n) is 4.81. The molecule has 0 aliphatic carbocycles. The van der Waals surface area contributed by atoms with E-state index >= 15 is 0 Å². The summed E-state index contributed by atoms with van der Waals surface area (Å²) in [5, 5.41) is 0. The Morgan fingerprint density at radius 2 is 2.15 bits per heavy atom. The first-order valence-corrected chi connectivity index (χ1v) is 4.81. The molecule has 0 saturated carbocycles. The quantitative estimate of drug-likeness (QED) is 0.451. The molecule has 0 spiro atoms. The van der Waals surface area contributed by atoms with Crippen LogP contribution in [0, 0.1) is 0 Å². The Bertz CT molecular complexity index is 154. The van der Waals surface area contributed by atoms with Crippen LogP contribution in [-0.2, 0) is 14.3 Å². The van der Waals surface area contributed by atoms with Crippen molar-refractivity contribution in [2.45, 2.75) is 52.1 Å². The summed E-state index contributed by atoms with van der Waals surface area (Å²) in [6.07, 6.45) is 4.91. The molecular formula is C10H18O3. The van der Waals surface area contributed by atoms with Crippen molar-refractivity contribution in [1.29, 1.82) is 0 Å². The zero-order chi connectivity index (χ0) is 10.1. The Labute approximate surface area is 79.5 Å². The minimum atomic E-state index is -0.257. The lowest BCUT2D eigenvalue weighted by atomic mass is 10.1. The van der Waals surface area contributed by atoms with Crippen molar-refractivity contribution in [3.63, 3.8) is 0 Å². The number of carbonyl (C=O) groups is 2. The normalized spacial score (nSPS) is 12.2. The highest BCUT2D eigenvalue weighted by Crippen LogP contribution is 2.10. The summed E-state index contributed by atoms with van der Waals surface area (Å²) in [4.78, 5) is 20.8. The second kappa shape index (κ2) is 7.77. The number of hydrogen-bond acceptors (Lipinski definition) is 3. The molecule has 0 aromatic heterocycles. The molecule has 3 nitrogen and oxygen atoms in total. The number of rotatable bonds is 7. The first-order chi connectivity index (χ1) is 6.20. The van der Waals surface area contributed by atoms with Crippen molar-refractivity contribution >= 4 is 12.3 Å². The molecule has 13 heavy (non-hydrogen) atoms. The minimum absolute atomic E-state index is 0.0670. The molecule has 0 aromatic rings. The van der Waals surface area contributed by atoms with Crippen molar-refractivity contribution < 1.29 is 14.3 Å². The maximum absolute atomic E-state index is 10.7. The van der Waals surface area contributed by atoms with Gasteiger partial charge in [-0.25, -0.2) is 0 Å². The van der Waals surface area contributed by atoms with Gasteiger partial charge in [-0.05, 0) is 12.8 Å². The SMILES string of the molecule is CCCCC(CCC=O)OC(C)=O. The predicted octanol–water partition coefficient (Wildman–Crippen LogP) is 2.09. The molecule has 76 valence electrons. The van der Waals surface area contributed by atoms with Crippen molar-refractivity contribution in [1.82, 2.24) is 0 Å². The van der Waals surface area contributed by atoms with E-state index in [4.69, 9.17) is 4.74 Å². The van der Waals surface area contributed by atoms with Crippen LogP contribution in [0.5, 0.6) is 0 Å². The number of aldehydes is 1. The maximum Gasteiger partial charge on any atom is 0.302 e. The van der Waals surface area contributed by atoms with Crippen molar-refractivity contribution in [3.8, 4) is 0 Å². The summed E-state index contributed by atoms with van der Waals surface area (Å²) >= 11 is 0. The Kier molecular flexibility index (Phi) is 7.26. The predicted molar refractivity (Wildman–Crippen MR) is 50.4 cm³/mol. The van der Waals surface area contributed by atoms with E-state index in [1.165, 1.54) is 6.92 Å². The van der Waals surface area contributed by atoms with E-state index in [-0.39, 0.29) is 12.1 Å². The van der Waals surface area contributed by atoms with Gasteiger partial charge in [0.2, 0.25) is 0 Å². The Morgan fingerprint density at radius 1 is 1.46 bits per heavy atom. The standard InChI is InChI=1S/C10H18O3/c1-3-4-6-10(7-5-8-11)13-9(2)12/h8,10H,3-7H2,1-2H3. The third kappa shape index (κ3) is 7.50. The van der Waals surface area contributed by atoms with E-state index in [0.29, 0.717) is 12.8 Å². The number of ether oxygens (including phenoxy) is 1. The van der Waals surface area contributed by atoms with Crippen molar-refractivity contribution in [2.75, 3.05) is 0 Å². The Balaban J connectivity index is 3.72. The molecule has 1 atom stereocenters. The van der Waals surface area contributed by atoms with Gasteiger partial charge in [-0.15, -0.1) is 0 Å². The molecule has 0 fully saturated rings. The summed E-state index contributed by atoms with van der Waals surface area (Å²) in [7, 11) is 0. The van der Waals surface area contributed by atoms with Crippen LogP contribution in [-0.4, -0.2) is 18.4 Å². The Morgan fingerprint density at radius 3 is 2.62 bits per heavy atom. The second-order valence-corrected chi connectivity index (χ2v) is 3.12. The maximum atomic E-state index is 10.7. The molecule has 0 amide bonds. The van der Waals surface area contributed by atoms with E-state index in [2.05, 4.69) is 6.92 Å². The second-order valence-electron chi connectivity index (χ2n) is 3.12. The molecule has 0 heterocycles. The molecule has 0 rings (SSSR count). The molecule has 0 bridgehead atoms. The lowest BCUT2D eigenvalue weighted by molar-refractivity contribution is -0.147. The largest absolute Gasteiger partial charge is 0.463 e. The molecule has 0 aromatic carbocycles. The van der Waals surface area contributed by atoms with E-state index in [9.17, 15) is 9.59 Å².